The van der Waals surface area contributed by atoms with Gasteiger partial charge in [-0.05, 0) is 42.9 Å². The van der Waals surface area contributed by atoms with Gasteiger partial charge in [0.25, 0.3) is 11.8 Å². The quantitative estimate of drug-likeness (QED) is 0.470. The fraction of sp³-hybridized carbons (Fsp3) is 0.214. The number of amides is 2. The smallest absolute Gasteiger partial charge is 0.263 e. The zero-order valence-electron chi connectivity index (χ0n) is 11.9. The molecule has 0 radical (unpaired) electrons. The summed E-state index contributed by atoms with van der Waals surface area (Å²) >= 11 is 8.14. The van der Waals surface area contributed by atoms with E-state index in [9.17, 15) is 9.59 Å². The van der Waals surface area contributed by atoms with Crippen LogP contribution in [-0.2, 0) is 9.59 Å². The third-order valence-electron chi connectivity index (χ3n) is 2.83. The maximum Gasteiger partial charge on any atom is 0.263 e. The molecule has 1 aromatic rings. The van der Waals surface area contributed by atoms with E-state index in [-0.39, 0.29) is 10.7 Å². The van der Waals surface area contributed by atoms with Crippen LogP contribution in [0.3, 0.4) is 0 Å². The lowest BCUT2D eigenvalue weighted by Crippen LogP contribution is -2.51. The van der Waals surface area contributed by atoms with Gasteiger partial charge in [0.05, 0.1) is 13.7 Å². The van der Waals surface area contributed by atoms with E-state index in [2.05, 4.69) is 26.6 Å². The minimum atomic E-state index is -0.548. The number of hydrogen-bond acceptors (Lipinski definition) is 5. The predicted molar refractivity (Wildman–Crippen MR) is 88.7 cm³/mol. The van der Waals surface area contributed by atoms with Crippen molar-refractivity contribution < 1.29 is 19.1 Å². The number of carbonyl (C=O) groups excluding carboxylic acids is 2. The molecule has 2 amide bonds. The lowest BCUT2D eigenvalue weighted by Gasteiger charge is -2.17. The van der Waals surface area contributed by atoms with Gasteiger partial charge in [0.15, 0.2) is 16.6 Å². The van der Waals surface area contributed by atoms with Crippen molar-refractivity contribution in [1.82, 2.24) is 10.6 Å². The molecule has 0 unspecified atom stereocenters. The lowest BCUT2D eigenvalue weighted by atomic mass is 10.1. The monoisotopic (exact) mass is 384 g/mol. The third kappa shape index (κ3) is 3.45. The van der Waals surface area contributed by atoms with Gasteiger partial charge in [-0.2, -0.15) is 0 Å². The Hall–Kier alpha value is -1.93. The zero-order valence-corrected chi connectivity index (χ0v) is 14.3. The third-order valence-corrected chi connectivity index (χ3v) is 3.72. The molecule has 1 heterocycles. The van der Waals surface area contributed by atoms with Crippen LogP contribution in [-0.4, -0.2) is 30.6 Å². The Bertz CT molecular complexity index is 666. The summed E-state index contributed by atoms with van der Waals surface area (Å²) < 4.78 is 11.4. The number of rotatable bonds is 4. The molecule has 1 saturated heterocycles. The van der Waals surface area contributed by atoms with Crippen LogP contribution in [0.5, 0.6) is 11.5 Å². The number of methoxy groups -OCH3 is 1. The van der Waals surface area contributed by atoms with Gasteiger partial charge in [-0.1, -0.05) is 15.9 Å². The molecule has 2 rings (SSSR count). The van der Waals surface area contributed by atoms with Gasteiger partial charge in [-0.25, -0.2) is 0 Å². The van der Waals surface area contributed by atoms with Crippen molar-refractivity contribution in [3.05, 3.63) is 27.7 Å². The lowest BCUT2D eigenvalue weighted by molar-refractivity contribution is -0.123. The number of nitrogens with one attached hydrogen (secondary N) is 2. The first kappa shape index (κ1) is 16.4. The first-order valence-corrected chi connectivity index (χ1v) is 7.55. The number of hydrogen-bond donors (Lipinski definition) is 2. The van der Waals surface area contributed by atoms with Crippen molar-refractivity contribution in [3.8, 4) is 11.5 Å². The summed E-state index contributed by atoms with van der Waals surface area (Å²) in [6, 6.07) is 3.40. The van der Waals surface area contributed by atoms with Gasteiger partial charge in [0.1, 0.15) is 5.57 Å². The van der Waals surface area contributed by atoms with Crippen LogP contribution in [0.4, 0.5) is 0 Å². The average molecular weight is 385 g/mol. The summed E-state index contributed by atoms with van der Waals surface area (Å²) in [4.78, 5) is 23.7. The minimum absolute atomic E-state index is 0.00418. The van der Waals surface area contributed by atoms with Gasteiger partial charge in [0, 0.05) is 4.47 Å². The molecule has 6 nitrogen and oxygen atoms in total. The Kier molecular flexibility index (Phi) is 5.15. The summed E-state index contributed by atoms with van der Waals surface area (Å²) in [7, 11) is 1.52. The molecule has 1 aliphatic heterocycles. The fourth-order valence-electron chi connectivity index (χ4n) is 1.85. The normalized spacial score (nSPS) is 14.3. The molecule has 8 heteroatoms. The molecule has 0 spiro atoms. The highest BCUT2D eigenvalue weighted by Crippen LogP contribution is 2.34. The van der Waals surface area contributed by atoms with E-state index in [1.807, 2.05) is 6.92 Å². The van der Waals surface area contributed by atoms with Crippen molar-refractivity contribution in [1.29, 1.82) is 0 Å². The Morgan fingerprint density at radius 1 is 1.23 bits per heavy atom. The van der Waals surface area contributed by atoms with Gasteiger partial charge in [-0.15, -0.1) is 0 Å². The number of halogens is 1. The molecule has 1 aliphatic rings. The molecule has 116 valence electrons. The van der Waals surface area contributed by atoms with E-state index in [0.29, 0.717) is 28.1 Å². The number of carbonyl (C=O) groups is 2. The van der Waals surface area contributed by atoms with Crippen LogP contribution in [0, 0.1) is 0 Å². The van der Waals surface area contributed by atoms with Crippen LogP contribution in [0.2, 0.25) is 0 Å². The highest BCUT2D eigenvalue weighted by Gasteiger charge is 2.26. The number of thiocarbonyl (C=S) groups is 1. The Morgan fingerprint density at radius 3 is 2.41 bits per heavy atom. The maximum absolute atomic E-state index is 11.9. The molecule has 2 N–H and O–H groups in total. The SMILES string of the molecule is CCOc1cc(Br)c(C=C2C(=O)NC(=S)NC2=O)cc1OC. The van der Waals surface area contributed by atoms with Crippen molar-refractivity contribution in [2.24, 2.45) is 0 Å². The maximum atomic E-state index is 11.9. The molecule has 1 aromatic carbocycles. The van der Waals surface area contributed by atoms with E-state index in [0.717, 1.165) is 0 Å². The first-order chi connectivity index (χ1) is 10.5. The molecule has 0 saturated carbocycles. The Balaban J connectivity index is 2.44. The molecule has 0 atom stereocenters. The average Bonchev–Trinajstić information content (AvgIpc) is 2.45. The van der Waals surface area contributed by atoms with Crippen molar-refractivity contribution in [2.75, 3.05) is 13.7 Å². The standard InChI is InChI=1S/C14H13BrN2O4S/c1-3-21-11-6-9(15)7(5-10(11)20-2)4-8-12(18)16-14(22)17-13(8)19/h4-6H,3H2,1-2H3,(H2,16,17,18,19,22). The van der Waals surface area contributed by atoms with Crippen molar-refractivity contribution in [2.45, 2.75) is 6.92 Å². The van der Waals surface area contributed by atoms with Gasteiger partial charge < -0.3 is 9.47 Å². The van der Waals surface area contributed by atoms with E-state index in [4.69, 9.17) is 21.7 Å². The fourth-order valence-corrected chi connectivity index (χ4v) is 2.47. The summed E-state index contributed by atoms with van der Waals surface area (Å²) in [5, 5.41) is 4.76. The minimum Gasteiger partial charge on any atom is -0.493 e. The molecule has 0 aromatic heterocycles. The number of benzene rings is 1. The summed E-state index contributed by atoms with van der Waals surface area (Å²) in [6.45, 7) is 2.36. The highest BCUT2D eigenvalue weighted by atomic mass is 79.9. The van der Waals surface area contributed by atoms with E-state index in [1.165, 1.54) is 13.2 Å². The Morgan fingerprint density at radius 2 is 1.86 bits per heavy atom. The zero-order chi connectivity index (χ0) is 16.3. The molecule has 0 bridgehead atoms. The van der Waals surface area contributed by atoms with Gasteiger partial charge >= 0.3 is 0 Å². The van der Waals surface area contributed by atoms with Crippen LogP contribution < -0.4 is 20.1 Å². The predicted octanol–water partition coefficient (Wildman–Crippen LogP) is 1.77. The van der Waals surface area contributed by atoms with Crippen LogP contribution in [0.15, 0.2) is 22.2 Å². The molecular formula is C14H13BrN2O4S. The topological polar surface area (TPSA) is 76.7 Å². The second kappa shape index (κ2) is 6.89. The van der Waals surface area contributed by atoms with Gasteiger partial charge in [-0.3, -0.25) is 20.2 Å². The summed E-state index contributed by atoms with van der Waals surface area (Å²) in [5.41, 5.74) is 0.564. The molecular weight excluding hydrogens is 372 g/mol. The van der Waals surface area contributed by atoms with Crippen molar-refractivity contribution in [3.63, 3.8) is 0 Å². The first-order valence-electron chi connectivity index (χ1n) is 6.35. The highest BCUT2D eigenvalue weighted by molar-refractivity contribution is 9.10. The largest absolute Gasteiger partial charge is 0.493 e. The molecule has 22 heavy (non-hydrogen) atoms. The Labute approximate surface area is 141 Å². The van der Waals surface area contributed by atoms with E-state index >= 15 is 0 Å². The van der Waals surface area contributed by atoms with Crippen LogP contribution in [0.1, 0.15) is 12.5 Å². The van der Waals surface area contributed by atoms with Gasteiger partial charge in [0.2, 0.25) is 0 Å². The second-order valence-corrected chi connectivity index (χ2v) is 5.52. The van der Waals surface area contributed by atoms with E-state index < -0.39 is 11.8 Å². The molecule has 0 aliphatic carbocycles. The number of ether oxygens (including phenoxy) is 2. The molecule has 1 fully saturated rings. The summed E-state index contributed by atoms with van der Waals surface area (Å²) in [5.74, 6) is -0.0243. The van der Waals surface area contributed by atoms with E-state index in [1.54, 1.807) is 12.1 Å². The second-order valence-electron chi connectivity index (χ2n) is 4.25. The van der Waals surface area contributed by atoms with Crippen molar-refractivity contribution >= 4 is 51.2 Å². The summed E-state index contributed by atoms with van der Waals surface area (Å²) in [6.07, 6.45) is 1.45. The van der Waals surface area contributed by atoms with Crippen LogP contribution in [0.25, 0.3) is 6.08 Å². The van der Waals surface area contributed by atoms with Crippen LogP contribution >= 0.6 is 28.1 Å².